The van der Waals surface area contributed by atoms with Gasteiger partial charge in [0.2, 0.25) is 0 Å². The molecule has 17 nitrogen and oxygen atoms in total. The Bertz CT molecular complexity index is 1820. The highest BCUT2D eigenvalue weighted by Gasteiger charge is 2.30. The molecule has 0 aromatic heterocycles. The molecule has 0 saturated heterocycles. The van der Waals surface area contributed by atoms with Crippen molar-refractivity contribution in [2.45, 2.75) is 419 Å². The predicted molar refractivity (Wildman–Crippen MR) is 386 cm³/mol. The van der Waals surface area contributed by atoms with Crippen LogP contribution in [0.2, 0.25) is 0 Å². The summed E-state index contributed by atoms with van der Waals surface area (Å²) in [5, 5.41) is 10.6. The van der Waals surface area contributed by atoms with E-state index in [-0.39, 0.29) is 25.7 Å². The average Bonchev–Trinajstić information content (AvgIpc) is 2.36. The molecule has 0 rings (SSSR count). The van der Waals surface area contributed by atoms with E-state index in [1.165, 1.54) is 212 Å². The first-order chi connectivity index (χ1) is 46.1. The van der Waals surface area contributed by atoms with Gasteiger partial charge < -0.3 is 33.8 Å². The van der Waals surface area contributed by atoms with E-state index in [1.54, 1.807) is 0 Å². The fraction of sp³-hybridized carbons (Fsp3) is 0.947. The van der Waals surface area contributed by atoms with E-state index in [0.29, 0.717) is 25.7 Å². The topological polar surface area (TPSA) is 237 Å². The van der Waals surface area contributed by atoms with Crippen molar-refractivity contribution in [2.24, 2.45) is 5.92 Å². The molecule has 0 heterocycles. The van der Waals surface area contributed by atoms with Crippen molar-refractivity contribution in [1.29, 1.82) is 0 Å². The van der Waals surface area contributed by atoms with E-state index in [4.69, 9.17) is 37.0 Å². The van der Waals surface area contributed by atoms with E-state index in [1.807, 2.05) is 0 Å². The van der Waals surface area contributed by atoms with E-state index in [0.717, 1.165) is 109 Å². The standard InChI is InChI=1S/C76H148O17P2/c1-6-10-13-16-19-21-23-25-26-27-28-29-33-37-40-45-50-55-60-74(79)87-66-72(93-76(81)62-57-52-47-42-38-34-31-30-32-35-39-44-48-53-58-69(5)9-4)68-91-95(84,85)89-64-70(77)63-88-94(82,83)90-67-71(65-86-73(78)59-54-49-43-18-15-12-8-3)92-75(80)61-56-51-46-41-36-24-22-20-17-14-11-7-2/h69-72,77H,6-68H2,1-5H3,(H,82,83)(H,84,85)/t69?,70-,71+,72+/m0/s1. The number of hydrogen-bond donors (Lipinski definition) is 3. The normalized spacial score (nSPS) is 14.2. The third kappa shape index (κ3) is 69.0. The SMILES string of the molecule is CCCCCCCCCCCCCCCCCCCCC(=O)OC[C@H](COP(=O)(O)OC[C@@H](O)COP(=O)(O)OC[C@@H](COC(=O)CCCCCCCCC)OC(=O)CCCCCCCCCCCCCC)OC(=O)CCCCCCCCCCCCCCCCC(C)CC. The maximum Gasteiger partial charge on any atom is 0.472 e. The molecule has 95 heavy (non-hydrogen) atoms. The third-order valence-corrected chi connectivity index (χ3v) is 20.0. The Labute approximate surface area is 581 Å². The zero-order valence-corrected chi connectivity index (χ0v) is 63.6. The van der Waals surface area contributed by atoms with Gasteiger partial charge in [-0.25, -0.2) is 9.13 Å². The molecule has 6 atom stereocenters. The summed E-state index contributed by atoms with van der Waals surface area (Å²) in [6.07, 6.45) is 58.3. The fourth-order valence-corrected chi connectivity index (χ4v) is 13.3. The van der Waals surface area contributed by atoms with Crippen LogP contribution >= 0.6 is 15.6 Å². The minimum Gasteiger partial charge on any atom is -0.462 e. The third-order valence-electron chi connectivity index (χ3n) is 18.1. The van der Waals surface area contributed by atoms with Crippen molar-refractivity contribution in [1.82, 2.24) is 0 Å². The Morgan fingerprint density at radius 3 is 0.747 bits per heavy atom. The van der Waals surface area contributed by atoms with Gasteiger partial charge in [0.05, 0.1) is 26.4 Å². The van der Waals surface area contributed by atoms with Gasteiger partial charge in [0, 0.05) is 25.7 Å². The highest BCUT2D eigenvalue weighted by molar-refractivity contribution is 7.47. The number of ether oxygens (including phenoxy) is 4. The summed E-state index contributed by atoms with van der Waals surface area (Å²) in [6.45, 7) is 7.31. The number of aliphatic hydroxyl groups excluding tert-OH is 1. The number of carbonyl (C=O) groups excluding carboxylic acids is 4. The molecule has 3 unspecified atom stereocenters. The van der Waals surface area contributed by atoms with E-state index < -0.39 is 97.5 Å². The predicted octanol–water partition coefficient (Wildman–Crippen LogP) is 22.5. The molecular formula is C76H148O17P2. The lowest BCUT2D eigenvalue weighted by Gasteiger charge is -2.21. The van der Waals surface area contributed by atoms with Crippen molar-refractivity contribution in [3.05, 3.63) is 0 Å². The molecule has 0 aliphatic heterocycles. The zero-order valence-electron chi connectivity index (χ0n) is 61.8. The Balaban J connectivity index is 5.18. The second-order valence-corrected chi connectivity index (χ2v) is 30.5. The molecule has 0 saturated carbocycles. The van der Waals surface area contributed by atoms with E-state index in [9.17, 15) is 43.2 Å². The Hall–Kier alpha value is -1.94. The van der Waals surface area contributed by atoms with Crippen molar-refractivity contribution >= 4 is 39.5 Å². The minimum absolute atomic E-state index is 0.107. The van der Waals surface area contributed by atoms with Gasteiger partial charge in [-0.3, -0.25) is 37.3 Å². The molecule has 0 amide bonds. The van der Waals surface area contributed by atoms with Crippen molar-refractivity contribution in [3.63, 3.8) is 0 Å². The van der Waals surface area contributed by atoms with Crippen molar-refractivity contribution < 1.29 is 80.2 Å². The second-order valence-electron chi connectivity index (χ2n) is 27.6. The van der Waals surface area contributed by atoms with Crippen LogP contribution in [-0.4, -0.2) is 96.7 Å². The van der Waals surface area contributed by atoms with Gasteiger partial charge in [0.15, 0.2) is 12.2 Å². The molecule has 0 aliphatic rings. The lowest BCUT2D eigenvalue weighted by atomic mass is 9.99. The first-order valence-electron chi connectivity index (χ1n) is 39.7. The molecule has 0 aromatic rings. The zero-order chi connectivity index (χ0) is 69.8. The number of phosphoric acid groups is 2. The molecule has 0 radical (unpaired) electrons. The van der Waals surface area contributed by atoms with Crippen LogP contribution in [-0.2, 0) is 65.4 Å². The van der Waals surface area contributed by atoms with Crippen LogP contribution in [0.15, 0.2) is 0 Å². The average molecular weight is 1400 g/mol. The number of unbranched alkanes of at least 4 members (excludes halogenated alkanes) is 47. The summed E-state index contributed by atoms with van der Waals surface area (Å²) in [5.74, 6) is -1.27. The van der Waals surface area contributed by atoms with Gasteiger partial charge in [0.25, 0.3) is 0 Å². The molecule has 0 aliphatic carbocycles. The quantitative estimate of drug-likeness (QED) is 0.0222. The summed E-state index contributed by atoms with van der Waals surface area (Å²) in [7, 11) is -9.90. The first-order valence-corrected chi connectivity index (χ1v) is 42.7. The van der Waals surface area contributed by atoms with E-state index >= 15 is 0 Å². The minimum atomic E-state index is -4.96. The van der Waals surface area contributed by atoms with Gasteiger partial charge in [-0.1, -0.05) is 349 Å². The molecule has 0 spiro atoms. The summed E-state index contributed by atoms with van der Waals surface area (Å²) < 4.78 is 68.4. The Morgan fingerprint density at radius 2 is 0.505 bits per heavy atom. The van der Waals surface area contributed by atoms with Gasteiger partial charge >= 0.3 is 39.5 Å². The summed E-state index contributed by atoms with van der Waals surface area (Å²) in [4.78, 5) is 72.7. The first kappa shape index (κ1) is 93.1. The maximum absolute atomic E-state index is 13.1. The summed E-state index contributed by atoms with van der Waals surface area (Å²) in [6, 6.07) is 0. The van der Waals surface area contributed by atoms with Crippen molar-refractivity contribution in [2.75, 3.05) is 39.6 Å². The molecule has 564 valence electrons. The number of phosphoric ester groups is 2. The number of rotatable bonds is 76. The molecule has 3 N–H and O–H groups in total. The summed E-state index contributed by atoms with van der Waals surface area (Å²) >= 11 is 0. The van der Waals surface area contributed by atoms with Gasteiger partial charge in [-0.2, -0.15) is 0 Å². The molecule has 0 bridgehead atoms. The lowest BCUT2D eigenvalue weighted by molar-refractivity contribution is -0.161. The smallest absolute Gasteiger partial charge is 0.462 e. The number of aliphatic hydroxyl groups is 1. The van der Waals surface area contributed by atoms with Crippen LogP contribution in [0.25, 0.3) is 0 Å². The van der Waals surface area contributed by atoms with Gasteiger partial charge in [-0.05, 0) is 31.6 Å². The van der Waals surface area contributed by atoms with Crippen LogP contribution in [0.3, 0.4) is 0 Å². The summed E-state index contributed by atoms with van der Waals surface area (Å²) in [5.41, 5.74) is 0. The molecule has 19 heteroatoms. The number of carbonyl (C=O) groups is 4. The van der Waals surface area contributed by atoms with Crippen LogP contribution in [0.5, 0.6) is 0 Å². The van der Waals surface area contributed by atoms with Crippen LogP contribution in [0.1, 0.15) is 401 Å². The highest BCUT2D eigenvalue weighted by atomic mass is 31.2. The maximum atomic E-state index is 13.1. The van der Waals surface area contributed by atoms with Crippen LogP contribution < -0.4 is 0 Å². The van der Waals surface area contributed by atoms with Crippen molar-refractivity contribution in [3.8, 4) is 0 Å². The Morgan fingerprint density at radius 1 is 0.295 bits per heavy atom. The lowest BCUT2D eigenvalue weighted by Crippen LogP contribution is -2.30. The largest absolute Gasteiger partial charge is 0.472 e. The van der Waals surface area contributed by atoms with Gasteiger partial charge in [-0.15, -0.1) is 0 Å². The number of esters is 4. The molecule has 0 aromatic carbocycles. The van der Waals surface area contributed by atoms with Gasteiger partial charge in [0.1, 0.15) is 19.3 Å². The van der Waals surface area contributed by atoms with Crippen LogP contribution in [0, 0.1) is 5.92 Å². The fourth-order valence-electron chi connectivity index (χ4n) is 11.7. The monoisotopic (exact) mass is 1400 g/mol. The second kappa shape index (κ2) is 69.2. The Kier molecular flexibility index (Phi) is 67.7. The van der Waals surface area contributed by atoms with Crippen LogP contribution in [0.4, 0.5) is 0 Å². The molecule has 0 fully saturated rings. The van der Waals surface area contributed by atoms with E-state index in [2.05, 4.69) is 34.6 Å². The number of hydrogen-bond acceptors (Lipinski definition) is 15. The molecular weight excluding hydrogens is 1250 g/mol. The highest BCUT2D eigenvalue weighted by Crippen LogP contribution is 2.45.